The van der Waals surface area contributed by atoms with Crippen LogP contribution in [-0.4, -0.2) is 31.9 Å². The first-order valence-electron chi connectivity index (χ1n) is 9.12. The lowest BCUT2D eigenvalue weighted by molar-refractivity contribution is 0.115. The molecule has 2 N–H and O–H groups in total. The number of rotatable bonds is 2. The summed E-state index contributed by atoms with van der Waals surface area (Å²) in [6, 6.07) is 12.7. The molecule has 1 saturated heterocycles. The number of benzene rings is 2. The molecule has 3 atom stereocenters. The molecule has 0 aliphatic carbocycles. The lowest BCUT2D eigenvalue weighted by atomic mass is 9.89. The Labute approximate surface area is 163 Å². The maximum absolute atomic E-state index is 6.41. The molecule has 0 saturated carbocycles. The van der Waals surface area contributed by atoms with E-state index in [-0.39, 0.29) is 6.17 Å². The van der Waals surface area contributed by atoms with Crippen LogP contribution in [0.3, 0.4) is 0 Å². The van der Waals surface area contributed by atoms with E-state index in [0.717, 1.165) is 25.2 Å². The average Bonchev–Trinajstić information content (AvgIpc) is 2.86. The molecule has 0 aromatic heterocycles. The molecular formula is C20H21Cl2N3O. The number of hydrogen-bond acceptors (Lipinski definition) is 4. The second-order valence-corrected chi connectivity index (χ2v) is 8.07. The lowest BCUT2D eigenvalue weighted by Gasteiger charge is -2.39. The molecule has 5 rings (SSSR count). The Morgan fingerprint density at radius 2 is 2.12 bits per heavy atom. The van der Waals surface area contributed by atoms with Gasteiger partial charge in [-0.05, 0) is 36.7 Å². The molecule has 0 bridgehead atoms. The Hall–Kier alpha value is -1.46. The fourth-order valence-electron chi connectivity index (χ4n) is 4.65. The largest absolute Gasteiger partial charge is 0.373 e. The van der Waals surface area contributed by atoms with Crippen LogP contribution in [-0.2, 0) is 11.3 Å². The minimum atomic E-state index is 0.0455. The molecule has 2 aromatic carbocycles. The van der Waals surface area contributed by atoms with Crippen LogP contribution in [0.15, 0.2) is 36.4 Å². The van der Waals surface area contributed by atoms with E-state index in [9.17, 15) is 0 Å². The van der Waals surface area contributed by atoms with Crippen molar-refractivity contribution in [1.29, 1.82) is 0 Å². The number of nitrogens with one attached hydrogen (secondary N) is 2. The molecule has 1 fully saturated rings. The standard InChI is InChI=1S/C20H21Cl2N3O/c21-13-4-5-17(16(22)8-13)24-19-11-26-10-12-2-1-3-14-15-9-23-7-6-18(15)25(19)20(12)14/h1-5,8,15,18-19,23-24H,6-7,9-11H2/t15-,18-,19?/m0/s1. The van der Waals surface area contributed by atoms with Crippen LogP contribution in [0.4, 0.5) is 11.4 Å². The molecule has 136 valence electrons. The molecule has 6 heteroatoms. The Kier molecular flexibility index (Phi) is 4.24. The molecule has 0 amide bonds. The fourth-order valence-corrected chi connectivity index (χ4v) is 5.11. The van der Waals surface area contributed by atoms with E-state index < -0.39 is 0 Å². The minimum absolute atomic E-state index is 0.0455. The van der Waals surface area contributed by atoms with E-state index in [0.29, 0.717) is 35.2 Å². The van der Waals surface area contributed by atoms with Gasteiger partial charge in [-0.1, -0.05) is 41.4 Å². The number of hydrogen-bond donors (Lipinski definition) is 2. The summed E-state index contributed by atoms with van der Waals surface area (Å²) >= 11 is 12.5. The van der Waals surface area contributed by atoms with Crippen LogP contribution < -0.4 is 15.5 Å². The normalized spacial score (nSPS) is 26.8. The van der Waals surface area contributed by atoms with Crippen LogP contribution in [0.1, 0.15) is 23.5 Å². The summed E-state index contributed by atoms with van der Waals surface area (Å²) in [4.78, 5) is 2.55. The maximum Gasteiger partial charge on any atom is 0.123 e. The van der Waals surface area contributed by atoms with Crippen molar-refractivity contribution in [3.8, 4) is 0 Å². The molecule has 26 heavy (non-hydrogen) atoms. The summed E-state index contributed by atoms with van der Waals surface area (Å²) in [5, 5.41) is 8.46. The highest BCUT2D eigenvalue weighted by Crippen LogP contribution is 2.47. The summed E-state index contributed by atoms with van der Waals surface area (Å²) in [6.07, 6.45) is 1.18. The van der Waals surface area contributed by atoms with Gasteiger partial charge in [-0.25, -0.2) is 0 Å². The number of halogens is 2. The van der Waals surface area contributed by atoms with Gasteiger partial charge in [-0.2, -0.15) is 0 Å². The van der Waals surface area contributed by atoms with Gasteiger partial charge >= 0.3 is 0 Å². The van der Waals surface area contributed by atoms with Gasteiger partial charge in [-0.15, -0.1) is 0 Å². The van der Waals surface area contributed by atoms with Crippen molar-refractivity contribution < 1.29 is 4.74 Å². The Morgan fingerprint density at radius 3 is 3.00 bits per heavy atom. The van der Waals surface area contributed by atoms with Crippen LogP contribution in [0.2, 0.25) is 10.0 Å². The molecule has 0 spiro atoms. The topological polar surface area (TPSA) is 36.5 Å². The first-order valence-corrected chi connectivity index (χ1v) is 9.88. The Bertz CT molecular complexity index is 844. The number of anilines is 2. The third-order valence-electron chi connectivity index (χ3n) is 5.73. The van der Waals surface area contributed by atoms with Gasteiger partial charge in [-0.3, -0.25) is 0 Å². The number of piperidine rings is 1. The van der Waals surface area contributed by atoms with E-state index in [1.54, 1.807) is 6.07 Å². The molecular weight excluding hydrogens is 369 g/mol. The van der Waals surface area contributed by atoms with Gasteiger partial charge < -0.3 is 20.3 Å². The highest BCUT2D eigenvalue weighted by molar-refractivity contribution is 6.36. The van der Waals surface area contributed by atoms with E-state index in [4.69, 9.17) is 27.9 Å². The first kappa shape index (κ1) is 16.7. The van der Waals surface area contributed by atoms with Crippen molar-refractivity contribution >= 4 is 34.6 Å². The van der Waals surface area contributed by atoms with Crippen LogP contribution in [0.25, 0.3) is 0 Å². The molecule has 3 aliphatic rings. The van der Waals surface area contributed by atoms with E-state index in [1.807, 2.05) is 12.1 Å². The first-order chi connectivity index (χ1) is 12.7. The molecule has 1 unspecified atom stereocenters. The van der Waals surface area contributed by atoms with Crippen molar-refractivity contribution in [2.24, 2.45) is 0 Å². The Morgan fingerprint density at radius 1 is 1.19 bits per heavy atom. The minimum Gasteiger partial charge on any atom is -0.373 e. The smallest absolute Gasteiger partial charge is 0.123 e. The predicted octanol–water partition coefficient (Wildman–Crippen LogP) is 4.23. The van der Waals surface area contributed by atoms with Gasteiger partial charge in [0.05, 0.1) is 23.9 Å². The van der Waals surface area contributed by atoms with Crippen LogP contribution in [0, 0.1) is 0 Å². The van der Waals surface area contributed by atoms with Crippen molar-refractivity contribution in [3.63, 3.8) is 0 Å². The number of para-hydroxylation sites is 1. The summed E-state index contributed by atoms with van der Waals surface area (Å²) in [5.41, 5.74) is 4.97. The highest BCUT2D eigenvalue weighted by atomic mass is 35.5. The van der Waals surface area contributed by atoms with Crippen LogP contribution >= 0.6 is 23.2 Å². The third kappa shape index (κ3) is 2.67. The molecule has 0 radical (unpaired) electrons. The van der Waals surface area contributed by atoms with Gasteiger partial charge in [0.2, 0.25) is 0 Å². The molecule has 4 nitrogen and oxygen atoms in total. The average molecular weight is 390 g/mol. The molecule has 3 aliphatic heterocycles. The van der Waals surface area contributed by atoms with Crippen molar-refractivity contribution in [1.82, 2.24) is 5.32 Å². The van der Waals surface area contributed by atoms with Crippen LogP contribution in [0.5, 0.6) is 0 Å². The zero-order chi connectivity index (χ0) is 17.7. The van der Waals surface area contributed by atoms with Gasteiger partial charge in [0.1, 0.15) is 6.17 Å². The second-order valence-electron chi connectivity index (χ2n) is 7.23. The maximum atomic E-state index is 6.41. The number of fused-ring (bicyclic) bond motifs is 3. The SMILES string of the molecule is Clc1ccc(NC2COCc3cccc4c3N2[C@H]2CCNC[C@@H]42)c(Cl)c1. The summed E-state index contributed by atoms with van der Waals surface area (Å²) in [6.45, 7) is 3.35. The van der Waals surface area contributed by atoms with Gasteiger partial charge in [0.15, 0.2) is 0 Å². The quantitative estimate of drug-likeness (QED) is 0.805. The molecule has 2 aromatic rings. The summed E-state index contributed by atoms with van der Waals surface area (Å²) < 4.78 is 6.02. The highest BCUT2D eigenvalue weighted by Gasteiger charge is 2.44. The fraction of sp³-hybridized carbons (Fsp3) is 0.400. The Balaban J connectivity index is 1.55. The monoisotopic (exact) mass is 389 g/mol. The second kappa shape index (κ2) is 6.61. The van der Waals surface area contributed by atoms with E-state index in [2.05, 4.69) is 33.7 Å². The summed E-state index contributed by atoms with van der Waals surface area (Å²) in [7, 11) is 0. The molecule has 3 heterocycles. The van der Waals surface area contributed by atoms with Gasteiger partial charge in [0, 0.05) is 34.8 Å². The van der Waals surface area contributed by atoms with Gasteiger partial charge in [0.25, 0.3) is 0 Å². The van der Waals surface area contributed by atoms with Crippen molar-refractivity contribution in [2.75, 3.05) is 29.9 Å². The van der Waals surface area contributed by atoms with Crippen molar-refractivity contribution in [2.45, 2.75) is 31.2 Å². The zero-order valence-corrected chi connectivity index (χ0v) is 15.9. The third-order valence-corrected chi connectivity index (χ3v) is 6.28. The van der Waals surface area contributed by atoms with E-state index >= 15 is 0 Å². The predicted molar refractivity (Wildman–Crippen MR) is 106 cm³/mol. The number of nitrogens with zero attached hydrogens (tertiary/aromatic N) is 1. The zero-order valence-electron chi connectivity index (χ0n) is 14.3. The number of ether oxygens (including phenoxy) is 1. The van der Waals surface area contributed by atoms with E-state index in [1.165, 1.54) is 16.8 Å². The van der Waals surface area contributed by atoms with Crippen molar-refractivity contribution in [3.05, 3.63) is 57.6 Å². The summed E-state index contributed by atoms with van der Waals surface area (Å²) in [5.74, 6) is 0.529. The lowest BCUT2D eigenvalue weighted by Crippen LogP contribution is -2.52.